The van der Waals surface area contributed by atoms with Crippen LogP contribution in [0.3, 0.4) is 0 Å². The predicted octanol–water partition coefficient (Wildman–Crippen LogP) is 14.3. The van der Waals surface area contributed by atoms with Crippen LogP contribution >= 0.6 is 15.9 Å². The molecule has 13 N–H and O–H groups in total. The number of carboxylic acids is 1. The summed E-state index contributed by atoms with van der Waals surface area (Å²) in [5.41, 5.74) is 29.4. The average molecular weight is 1530 g/mol. The third-order valence-electron chi connectivity index (χ3n) is 14.8. The molecule has 0 radical (unpaired) electrons. The lowest BCUT2D eigenvalue weighted by Gasteiger charge is -2.16. The van der Waals surface area contributed by atoms with Crippen LogP contribution in [0.5, 0.6) is 0 Å². The van der Waals surface area contributed by atoms with Crippen LogP contribution < -0.4 is 49.1 Å². The number of rotatable bonds is 25. The molecule has 0 heterocycles. The van der Waals surface area contributed by atoms with Crippen LogP contribution in [0.4, 0.5) is 39.0 Å². The quantitative estimate of drug-likeness (QED) is 0.0238. The highest BCUT2D eigenvalue weighted by molar-refractivity contribution is 9.10. The van der Waals surface area contributed by atoms with Gasteiger partial charge in [-0.25, -0.2) is 26.7 Å². The van der Waals surface area contributed by atoms with E-state index in [-0.39, 0.29) is 60.0 Å². The SMILES string of the molecule is COC[C@@H](NC(C)=O)C(=O)NCc1ccc(CCc2cccc(F)c2)cc1.COC[C@@H](NC(C)=O)C(=O)O.N#Cc1ccc(Br)cc1.N#Cc1ccc(NCc2cccc(F)c2)cc1.NCc1ccc(NCc2cccc(F)c2)cc1.NCc1ccc(NCc2cccc(F)c2)cc1.NCc1cccc(F)c1. The first-order valence-corrected chi connectivity index (χ1v) is 34.3. The van der Waals surface area contributed by atoms with E-state index in [0.717, 1.165) is 84.4 Å². The van der Waals surface area contributed by atoms with Gasteiger partial charge in [0.15, 0.2) is 6.04 Å². The molecule has 24 heteroatoms. The number of nitriles is 2. The Kier molecular flexibility index (Phi) is 41.6. The van der Waals surface area contributed by atoms with Crippen LogP contribution in [0.15, 0.2) is 247 Å². The van der Waals surface area contributed by atoms with Gasteiger partial charge in [0.1, 0.15) is 35.1 Å². The Bertz CT molecular complexity index is 4270. The van der Waals surface area contributed by atoms with E-state index in [1.807, 2.05) is 127 Å². The number of halogens is 6. The second kappa shape index (κ2) is 50.7. The number of methoxy groups -OCH3 is 2. The molecule has 0 aliphatic heterocycles. The standard InChI is InChI=1S/C21H25FN2O3.2C14H15FN2.C14H11FN2.C7H4BrN.C7H8FN.C6H11NO4/c1-15(25)24-20(14-27-2)21(26)23-13-18-10-7-16(8-11-18)6-9-17-4-3-5-19(22)12-17;3*15-13-3-1-2-12(8-13)10-17-14-6-4-11(9-16)5-7-14;8-7-3-1-6(5-9)2-4-7;8-7-3-1-2-6(4-7)5-9;1-4(8)7-5(3-11-2)6(9)10/h3-5,7-8,10-12,20H,6,9,13-14H2,1-2H3,(H,23,26)(H,24,25);2*1-8,17H,9-10,16H2;1-8,17H,10H2;1-4H;1-4H,5,9H2;5H,3H2,1-2H3,(H,7,8)(H,9,10)/t20-;;;;;;5-/m1.....1/s1. The molecule has 0 fully saturated rings. The summed E-state index contributed by atoms with van der Waals surface area (Å²) < 4.78 is 74.9. The number of aliphatic carboxylic acids is 1. The summed E-state index contributed by atoms with van der Waals surface area (Å²) in [4.78, 5) is 44.1. The van der Waals surface area contributed by atoms with E-state index >= 15 is 0 Å². The Morgan fingerprint density at radius 1 is 0.411 bits per heavy atom. The van der Waals surface area contributed by atoms with Gasteiger partial charge in [0.05, 0.1) is 36.5 Å². The fourth-order valence-corrected chi connectivity index (χ4v) is 9.48. The van der Waals surface area contributed by atoms with Crippen LogP contribution in [0, 0.1) is 51.7 Å². The highest BCUT2D eigenvalue weighted by atomic mass is 79.9. The number of carbonyl (C=O) groups is 4. The van der Waals surface area contributed by atoms with Crippen LogP contribution in [-0.4, -0.2) is 68.3 Å². The van der Waals surface area contributed by atoms with Crippen molar-refractivity contribution in [2.75, 3.05) is 43.4 Å². The maximum absolute atomic E-state index is 13.2. The van der Waals surface area contributed by atoms with Crippen molar-refractivity contribution in [2.24, 2.45) is 17.2 Å². The number of ether oxygens (including phenoxy) is 2. The van der Waals surface area contributed by atoms with Gasteiger partial charge in [0.2, 0.25) is 17.7 Å². The molecule has 18 nitrogen and oxygen atoms in total. The Morgan fingerprint density at radius 2 is 0.720 bits per heavy atom. The number of carbonyl (C=O) groups excluding carboxylic acids is 3. The van der Waals surface area contributed by atoms with Crippen molar-refractivity contribution >= 4 is 56.7 Å². The highest BCUT2D eigenvalue weighted by Gasteiger charge is 2.19. The normalized spacial score (nSPS) is 10.5. The summed E-state index contributed by atoms with van der Waals surface area (Å²) in [5.74, 6) is -3.13. The number of amides is 3. The minimum Gasteiger partial charge on any atom is -0.480 e. The van der Waals surface area contributed by atoms with Crippen molar-refractivity contribution in [1.29, 1.82) is 10.5 Å². The molecule has 10 aromatic rings. The second-order valence-corrected chi connectivity index (χ2v) is 24.2. The molecular formula is C83H89BrF5N11O7. The van der Waals surface area contributed by atoms with Gasteiger partial charge in [-0.2, -0.15) is 10.5 Å². The summed E-state index contributed by atoms with van der Waals surface area (Å²) in [6.07, 6.45) is 1.58. The number of hydrogen-bond acceptors (Lipinski definition) is 14. The molecule has 0 aliphatic rings. The first-order valence-electron chi connectivity index (χ1n) is 33.5. The monoisotopic (exact) mass is 1530 g/mol. The highest BCUT2D eigenvalue weighted by Crippen LogP contribution is 2.17. The van der Waals surface area contributed by atoms with Crippen LogP contribution in [0.2, 0.25) is 0 Å². The van der Waals surface area contributed by atoms with Gasteiger partial charge in [-0.1, -0.05) is 125 Å². The van der Waals surface area contributed by atoms with Crippen molar-refractivity contribution in [3.63, 3.8) is 0 Å². The zero-order valence-corrected chi connectivity index (χ0v) is 61.4. The molecule has 3 amide bonds. The number of nitrogens with one attached hydrogen (secondary N) is 6. The van der Waals surface area contributed by atoms with Gasteiger partial charge in [-0.15, -0.1) is 0 Å². The Labute approximate surface area is 630 Å². The lowest BCUT2D eigenvalue weighted by atomic mass is 10.0. The molecule has 0 saturated carbocycles. The maximum Gasteiger partial charge on any atom is 0.328 e. The third kappa shape index (κ3) is 38.1. The van der Waals surface area contributed by atoms with Gasteiger partial charge < -0.3 is 63.7 Å². The fourth-order valence-electron chi connectivity index (χ4n) is 9.22. The van der Waals surface area contributed by atoms with Gasteiger partial charge in [-0.3, -0.25) is 14.4 Å². The van der Waals surface area contributed by atoms with Gasteiger partial charge in [0, 0.05) is 95.4 Å². The van der Waals surface area contributed by atoms with Crippen molar-refractivity contribution in [2.45, 2.75) is 84.6 Å². The topological polar surface area (TPSA) is 305 Å². The van der Waals surface area contributed by atoms with Crippen molar-refractivity contribution in [3.05, 3.63) is 337 Å². The third-order valence-corrected chi connectivity index (χ3v) is 15.3. The van der Waals surface area contributed by atoms with Crippen LogP contribution in [-0.2, 0) is 87.3 Å². The van der Waals surface area contributed by atoms with E-state index in [1.54, 1.807) is 66.7 Å². The molecule has 0 spiro atoms. The van der Waals surface area contributed by atoms with E-state index in [0.29, 0.717) is 56.9 Å². The number of nitrogens with two attached hydrogens (primary N) is 3. The van der Waals surface area contributed by atoms with Crippen LogP contribution in [0.25, 0.3) is 0 Å². The molecule has 10 aromatic carbocycles. The minimum absolute atomic E-state index is 0.0189. The van der Waals surface area contributed by atoms with E-state index in [2.05, 4.69) is 58.6 Å². The number of carboxylic acid groups (broad SMARTS) is 1. The van der Waals surface area contributed by atoms with E-state index in [9.17, 15) is 41.1 Å². The van der Waals surface area contributed by atoms with Crippen molar-refractivity contribution in [1.82, 2.24) is 16.0 Å². The lowest BCUT2D eigenvalue weighted by Crippen LogP contribution is -2.48. The second-order valence-electron chi connectivity index (χ2n) is 23.3. The fraction of sp³-hybridized carbons (Fsp3) is 0.205. The molecule has 2 atom stereocenters. The van der Waals surface area contributed by atoms with Crippen LogP contribution in [0.1, 0.15) is 75.0 Å². The smallest absolute Gasteiger partial charge is 0.328 e. The maximum atomic E-state index is 13.2. The number of benzene rings is 10. The van der Waals surface area contributed by atoms with Gasteiger partial charge in [0.25, 0.3) is 0 Å². The number of aryl methyl sites for hydroxylation is 2. The molecule has 0 bridgehead atoms. The zero-order valence-electron chi connectivity index (χ0n) is 59.8. The van der Waals surface area contributed by atoms with E-state index in [1.165, 1.54) is 82.7 Å². The Morgan fingerprint density at radius 3 is 1.07 bits per heavy atom. The molecule has 0 aromatic heterocycles. The minimum atomic E-state index is -1.10. The van der Waals surface area contributed by atoms with Gasteiger partial charge >= 0.3 is 5.97 Å². The van der Waals surface area contributed by atoms with Gasteiger partial charge in [-0.05, 0) is 196 Å². The van der Waals surface area contributed by atoms with E-state index in [4.69, 9.17) is 37.6 Å². The largest absolute Gasteiger partial charge is 0.480 e. The summed E-state index contributed by atoms with van der Waals surface area (Å²) in [6, 6.07) is 73.1. The summed E-state index contributed by atoms with van der Waals surface area (Å²) in [6.45, 7) is 6.35. The summed E-state index contributed by atoms with van der Waals surface area (Å²) >= 11 is 3.27. The molecule has 107 heavy (non-hydrogen) atoms. The molecule has 0 unspecified atom stereocenters. The number of hydrogen-bond donors (Lipinski definition) is 10. The Balaban J connectivity index is 0.000000272. The molecule has 0 aliphatic carbocycles. The van der Waals surface area contributed by atoms with Crippen molar-refractivity contribution in [3.8, 4) is 12.1 Å². The molecule has 10 rings (SSSR count). The molecule has 0 saturated heterocycles. The summed E-state index contributed by atoms with van der Waals surface area (Å²) in [5, 5.41) is 42.7. The predicted molar refractivity (Wildman–Crippen MR) is 413 cm³/mol. The first-order chi connectivity index (χ1) is 51.5. The van der Waals surface area contributed by atoms with Crippen molar-refractivity contribution < 1.29 is 55.7 Å². The lowest BCUT2D eigenvalue weighted by molar-refractivity contribution is -0.143. The average Bonchev–Trinajstić information content (AvgIpc) is 0.908. The summed E-state index contributed by atoms with van der Waals surface area (Å²) in [7, 11) is 2.85. The molecular weight excluding hydrogens is 1440 g/mol. The Hall–Kier alpha value is -11.6. The van der Waals surface area contributed by atoms with E-state index < -0.39 is 18.1 Å². The first kappa shape index (κ1) is 87.8. The number of nitrogens with zero attached hydrogens (tertiary/aromatic N) is 2. The zero-order chi connectivity index (χ0) is 78.1. The molecule has 560 valence electrons. The number of anilines is 3.